The van der Waals surface area contributed by atoms with Crippen molar-refractivity contribution in [1.82, 2.24) is 0 Å². The van der Waals surface area contributed by atoms with Gasteiger partial charge in [-0.25, -0.2) is 0 Å². The van der Waals surface area contributed by atoms with E-state index in [1.54, 1.807) is 5.57 Å². The number of rotatable bonds is 2. The predicted octanol–water partition coefficient (Wildman–Crippen LogP) is -0.611. The second-order valence-electron chi connectivity index (χ2n) is 5.84. The van der Waals surface area contributed by atoms with Crippen LogP contribution in [0.3, 0.4) is 0 Å². The standard InChI is InChI=1S/C20H18.2ClH.Zr/c1-14-7-6-12-18-19(13-15-8-2-3-9-15)16-10-4-5-11-17(16)20(14)18;;;/h2-8,10-12,19H,9,13H2,1H3;2*1H;/q;;;+2/p-2. The third-order valence-corrected chi connectivity index (χ3v) is 4.60. The molecular formula is C20H18Cl2Zr. The molecule has 0 radical (unpaired) electrons. The van der Waals surface area contributed by atoms with Gasteiger partial charge in [-0.3, -0.25) is 0 Å². The average molecular weight is 420 g/mol. The summed E-state index contributed by atoms with van der Waals surface area (Å²) in [5.41, 5.74) is 8.88. The van der Waals surface area contributed by atoms with E-state index >= 15 is 0 Å². The minimum Gasteiger partial charge on any atom is -1.00 e. The monoisotopic (exact) mass is 418 g/mol. The molecule has 116 valence electrons. The molecule has 2 aromatic carbocycles. The molecule has 0 amide bonds. The number of allylic oxidation sites excluding steroid dienone is 4. The SMILES string of the molecule is Cc1cccc2c1-c1ccccc1C2CC1=CC=CC1.[Cl-].[Cl-].[Zr+2]. The van der Waals surface area contributed by atoms with E-state index in [9.17, 15) is 0 Å². The van der Waals surface area contributed by atoms with E-state index in [1.807, 2.05) is 0 Å². The molecular weight excluding hydrogens is 402 g/mol. The largest absolute Gasteiger partial charge is 2.00 e. The van der Waals surface area contributed by atoms with Crippen LogP contribution in [0, 0.1) is 6.92 Å². The predicted molar refractivity (Wildman–Crippen MR) is 84.9 cm³/mol. The Morgan fingerprint density at radius 3 is 2.43 bits per heavy atom. The molecule has 0 saturated carbocycles. The topological polar surface area (TPSA) is 0 Å². The number of halogens is 2. The minimum atomic E-state index is 0. The first-order valence-corrected chi connectivity index (χ1v) is 7.38. The van der Waals surface area contributed by atoms with E-state index in [2.05, 4.69) is 67.6 Å². The molecule has 4 rings (SSSR count). The van der Waals surface area contributed by atoms with Gasteiger partial charge in [0.1, 0.15) is 0 Å². The zero-order chi connectivity index (χ0) is 13.5. The summed E-state index contributed by atoms with van der Waals surface area (Å²) in [4.78, 5) is 0. The van der Waals surface area contributed by atoms with Gasteiger partial charge in [0.05, 0.1) is 0 Å². The van der Waals surface area contributed by atoms with Crippen molar-refractivity contribution in [3.8, 4) is 11.1 Å². The van der Waals surface area contributed by atoms with E-state index in [4.69, 9.17) is 0 Å². The summed E-state index contributed by atoms with van der Waals surface area (Å²) in [6.45, 7) is 2.23. The summed E-state index contributed by atoms with van der Waals surface area (Å²) in [6, 6.07) is 15.7. The summed E-state index contributed by atoms with van der Waals surface area (Å²) in [7, 11) is 0. The van der Waals surface area contributed by atoms with Gasteiger partial charge in [0, 0.05) is 5.92 Å². The van der Waals surface area contributed by atoms with Gasteiger partial charge in [-0.2, -0.15) is 0 Å². The van der Waals surface area contributed by atoms with E-state index in [-0.39, 0.29) is 51.0 Å². The Morgan fingerprint density at radius 1 is 0.957 bits per heavy atom. The molecule has 0 aliphatic heterocycles. The van der Waals surface area contributed by atoms with Crippen LogP contribution in [0.5, 0.6) is 0 Å². The van der Waals surface area contributed by atoms with Crippen molar-refractivity contribution in [3.63, 3.8) is 0 Å². The van der Waals surface area contributed by atoms with Crippen LogP contribution in [0.1, 0.15) is 35.4 Å². The minimum absolute atomic E-state index is 0. The van der Waals surface area contributed by atoms with Crippen molar-refractivity contribution in [2.45, 2.75) is 25.7 Å². The maximum atomic E-state index is 2.32. The van der Waals surface area contributed by atoms with Crippen molar-refractivity contribution in [2.24, 2.45) is 0 Å². The fourth-order valence-corrected chi connectivity index (χ4v) is 3.67. The van der Waals surface area contributed by atoms with Crippen LogP contribution in [-0.2, 0) is 26.2 Å². The first-order valence-electron chi connectivity index (χ1n) is 7.38. The van der Waals surface area contributed by atoms with Gasteiger partial charge >= 0.3 is 26.2 Å². The van der Waals surface area contributed by atoms with Crippen molar-refractivity contribution in [1.29, 1.82) is 0 Å². The quantitative estimate of drug-likeness (QED) is 0.608. The van der Waals surface area contributed by atoms with Gasteiger partial charge in [-0.1, -0.05) is 66.3 Å². The first kappa shape index (κ1) is 20.4. The zero-order valence-corrected chi connectivity index (χ0v) is 17.0. The first-order chi connectivity index (χ1) is 9.84. The zero-order valence-electron chi connectivity index (χ0n) is 13.0. The van der Waals surface area contributed by atoms with Crippen molar-refractivity contribution in [3.05, 3.63) is 83.0 Å². The third kappa shape index (κ3) is 3.58. The Bertz CT molecular complexity index is 747. The smallest absolute Gasteiger partial charge is 1.00 e. The fraction of sp³-hybridized carbons (Fsp3) is 0.200. The van der Waals surface area contributed by atoms with Crippen LogP contribution in [-0.4, -0.2) is 0 Å². The normalized spacial score (nSPS) is 16.4. The molecule has 0 N–H and O–H groups in total. The van der Waals surface area contributed by atoms with Crippen LogP contribution >= 0.6 is 0 Å². The number of hydrogen-bond acceptors (Lipinski definition) is 0. The molecule has 0 heterocycles. The Balaban J connectivity index is 0.000000882. The molecule has 23 heavy (non-hydrogen) atoms. The van der Waals surface area contributed by atoms with Crippen LogP contribution < -0.4 is 24.8 Å². The van der Waals surface area contributed by atoms with Crippen molar-refractivity contribution in [2.75, 3.05) is 0 Å². The molecule has 2 aliphatic rings. The number of hydrogen-bond donors (Lipinski definition) is 0. The number of fused-ring (bicyclic) bond motifs is 3. The van der Waals surface area contributed by atoms with E-state index < -0.39 is 0 Å². The molecule has 0 aromatic heterocycles. The van der Waals surface area contributed by atoms with Gasteiger partial charge in [0.2, 0.25) is 0 Å². The molecule has 1 atom stereocenters. The molecule has 0 spiro atoms. The second-order valence-corrected chi connectivity index (χ2v) is 5.84. The van der Waals surface area contributed by atoms with E-state index in [0.29, 0.717) is 5.92 Å². The Morgan fingerprint density at radius 2 is 1.70 bits per heavy atom. The maximum absolute atomic E-state index is 2.32. The second kappa shape index (κ2) is 8.47. The molecule has 2 aromatic rings. The Labute approximate surface area is 170 Å². The van der Waals surface area contributed by atoms with Gasteiger partial charge in [-0.15, -0.1) is 0 Å². The van der Waals surface area contributed by atoms with E-state index in [0.717, 1.165) is 12.8 Å². The molecule has 0 saturated heterocycles. The Hall–Kier alpha value is -0.617. The summed E-state index contributed by atoms with van der Waals surface area (Å²) >= 11 is 0. The van der Waals surface area contributed by atoms with Gasteiger partial charge in [0.15, 0.2) is 0 Å². The van der Waals surface area contributed by atoms with Crippen molar-refractivity contribution < 1.29 is 51.0 Å². The molecule has 0 bridgehead atoms. The number of benzene rings is 2. The summed E-state index contributed by atoms with van der Waals surface area (Å²) in [6.07, 6.45) is 9.01. The molecule has 2 aliphatic carbocycles. The van der Waals surface area contributed by atoms with Gasteiger partial charge in [-0.05, 0) is 47.6 Å². The molecule has 0 fully saturated rings. The average Bonchev–Trinajstić information content (AvgIpc) is 3.08. The number of aryl methyl sites for hydroxylation is 1. The van der Waals surface area contributed by atoms with Crippen LogP contribution in [0.15, 0.2) is 66.3 Å². The van der Waals surface area contributed by atoms with E-state index in [1.165, 1.54) is 27.8 Å². The summed E-state index contributed by atoms with van der Waals surface area (Å²) < 4.78 is 0. The van der Waals surface area contributed by atoms with Crippen LogP contribution in [0.2, 0.25) is 0 Å². The van der Waals surface area contributed by atoms with Crippen LogP contribution in [0.25, 0.3) is 11.1 Å². The summed E-state index contributed by atoms with van der Waals surface area (Å²) in [5, 5.41) is 0. The fourth-order valence-electron chi connectivity index (χ4n) is 3.67. The maximum Gasteiger partial charge on any atom is 2.00 e. The molecule has 1 unspecified atom stereocenters. The summed E-state index contributed by atoms with van der Waals surface area (Å²) in [5.74, 6) is 0.534. The molecule has 3 heteroatoms. The third-order valence-electron chi connectivity index (χ3n) is 4.60. The van der Waals surface area contributed by atoms with Gasteiger partial charge < -0.3 is 24.8 Å². The Kier molecular flexibility index (Phi) is 7.52. The van der Waals surface area contributed by atoms with Gasteiger partial charge in [0.25, 0.3) is 0 Å². The molecule has 0 nitrogen and oxygen atoms in total. The van der Waals surface area contributed by atoms with Crippen LogP contribution in [0.4, 0.5) is 0 Å². The van der Waals surface area contributed by atoms with Crippen molar-refractivity contribution >= 4 is 0 Å².